The van der Waals surface area contributed by atoms with Crippen molar-refractivity contribution in [2.45, 2.75) is 88.9 Å². The lowest BCUT2D eigenvalue weighted by Crippen LogP contribution is -2.37. The van der Waals surface area contributed by atoms with Crippen molar-refractivity contribution < 1.29 is 54.9 Å². The van der Waals surface area contributed by atoms with Crippen LogP contribution in [0.25, 0.3) is 0 Å². The van der Waals surface area contributed by atoms with Gasteiger partial charge in [-0.15, -0.1) is 0 Å². The van der Waals surface area contributed by atoms with Gasteiger partial charge in [0.1, 0.15) is 0 Å². The van der Waals surface area contributed by atoms with Gasteiger partial charge in [0.05, 0.1) is 57.3 Å². The van der Waals surface area contributed by atoms with E-state index >= 15 is 0 Å². The van der Waals surface area contributed by atoms with Crippen molar-refractivity contribution in [3.8, 4) is 11.5 Å². The molecule has 16 heteroatoms. The fraction of sp³-hybridized carbons (Fsp3) is 0.375. The number of unbranched alkanes of at least 4 members (excludes halogenated alkanes) is 2. The second kappa shape index (κ2) is 21.3. The second-order valence-electron chi connectivity index (χ2n) is 16.3. The zero-order valence-corrected chi connectivity index (χ0v) is 38.1. The lowest BCUT2D eigenvalue weighted by molar-refractivity contribution is -0.132. The molecule has 0 amide bonds. The van der Waals surface area contributed by atoms with Gasteiger partial charge in [-0.05, 0) is 49.9 Å². The number of ether oxygens (including phenoxy) is 2. The number of benzene rings is 4. The average molecular weight is 923 g/mol. The SMILES string of the molecule is CCCC[C@@]1(CC)CN(c2ccccc2)c2cc(F)c(O/C=C/C(=O)O)cc2S(=O)(=O)C1.CCCC[C@]1(CC)CN(c2ccccc2)c2cc(F)c(O/C=C/C(=O)O)cc2S(=O)(=O)C1. The number of carboxylic acids is 2. The molecule has 0 radical (unpaired) electrons. The van der Waals surface area contributed by atoms with E-state index in [1.165, 1.54) is 0 Å². The van der Waals surface area contributed by atoms with Crippen molar-refractivity contribution in [3.63, 3.8) is 0 Å². The zero-order valence-electron chi connectivity index (χ0n) is 36.5. The fourth-order valence-electron chi connectivity index (χ4n) is 8.24. The highest BCUT2D eigenvalue weighted by Crippen LogP contribution is 2.47. The minimum atomic E-state index is -3.78. The number of halogens is 2. The number of para-hydroxylation sites is 2. The minimum absolute atomic E-state index is 0.0201. The molecule has 0 fully saturated rings. The molecule has 4 aromatic carbocycles. The van der Waals surface area contributed by atoms with Crippen LogP contribution < -0.4 is 19.3 Å². The molecule has 0 spiro atoms. The summed E-state index contributed by atoms with van der Waals surface area (Å²) in [4.78, 5) is 25.1. The minimum Gasteiger partial charge on any atom is -0.478 e. The molecule has 0 saturated carbocycles. The smallest absolute Gasteiger partial charge is 0.331 e. The van der Waals surface area contributed by atoms with Gasteiger partial charge in [-0.1, -0.05) is 89.8 Å². The van der Waals surface area contributed by atoms with E-state index in [0.29, 0.717) is 38.1 Å². The van der Waals surface area contributed by atoms with Gasteiger partial charge in [-0.25, -0.2) is 35.2 Å². The van der Waals surface area contributed by atoms with Crippen LogP contribution in [0.15, 0.2) is 119 Å². The molecule has 0 unspecified atom stereocenters. The first kappa shape index (κ1) is 49.3. The predicted octanol–water partition coefficient (Wildman–Crippen LogP) is 10.6. The highest BCUT2D eigenvalue weighted by molar-refractivity contribution is 7.92. The number of rotatable bonds is 16. The summed E-state index contributed by atoms with van der Waals surface area (Å²) in [5.74, 6) is -4.84. The Labute approximate surface area is 374 Å². The Morgan fingerprint density at radius 1 is 0.625 bits per heavy atom. The van der Waals surface area contributed by atoms with E-state index in [4.69, 9.17) is 19.7 Å². The first-order chi connectivity index (χ1) is 30.4. The number of aliphatic carboxylic acids is 2. The molecule has 12 nitrogen and oxygen atoms in total. The van der Waals surface area contributed by atoms with Crippen LogP contribution >= 0.6 is 0 Å². The van der Waals surface area contributed by atoms with Crippen LogP contribution in [0.5, 0.6) is 11.5 Å². The number of carbonyl (C=O) groups is 2. The maximum absolute atomic E-state index is 14.9. The molecule has 344 valence electrons. The zero-order chi connectivity index (χ0) is 46.7. The van der Waals surface area contributed by atoms with Gasteiger partial charge in [-0.3, -0.25) is 0 Å². The van der Waals surface area contributed by atoms with E-state index in [1.807, 2.05) is 84.3 Å². The number of anilines is 4. The Kier molecular flexibility index (Phi) is 16.4. The van der Waals surface area contributed by atoms with Gasteiger partial charge < -0.3 is 29.5 Å². The Hall–Kier alpha value is -5.74. The molecule has 0 aromatic heterocycles. The number of fused-ring (bicyclic) bond motifs is 2. The van der Waals surface area contributed by atoms with Crippen LogP contribution in [0, 0.1) is 22.5 Å². The third kappa shape index (κ3) is 11.9. The fourth-order valence-corrected chi connectivity index (χ4v) is 12.6. The molecule has 0 bridgehead atoms. The number of nitrogens with zero attached hydrogens (tertiary/aromatic N) is 2. The topological polar surface area (TPSA) is 168 Å². The summed E-state index contributed by atoms with van der Waals surface area (Å²) >= 11 is 0. The highest BCUT2D eigenvalue weighted by Gasteiger charge is 2.43. The van der Waals surface area contributed by atoms with E-state index in [9.17, 15) is 35.2 Å². The molecule has 0 aliphatic carbocycles. The molecular weight excluding hydrogens is 867 g/mol. The van der Waals surface area contributed by atoms with Crippen LogP contribution in [0.2, 0.25) is 0 Å². The van der Waals surface area contributed by atoms with Crippen molar-refractivity contribution in [1.29, 1.82) is 0 Å². The Morgan fingerprint density at radius 3 is 1.30 bits per heavy atom. The molecule has 2 N–H and O–H groups in total. The first-order valence-corrected chi connectivity index (χ1v) is 24.6. The number of sulfone groups is 2. The van der Waals surface area contributed by atoms with E-state index < -0.39 is 54.1 Å². The van der Waals surface area contributed by atoms with Crippen molar-refractivity contribution >= 4 is 54.4 Å². The van der Waals surface area contributed by atoms with E-state index in [-0.39, 0.29) is 44.2 Å². The summed E-state index contributed by atoms with van der Waals surface area (Å²) < 4.78 is 94.2. The normalized spacial score (nSPS) is 20.0. The third-order valence-electron chi connectivity index (χ3n) is 11.8. The molecule has 2 aliphatic heterocycles. The monoisotopic (exact) mass is 922 g/mol. The summed E-state index contributed by atoms with van der Waals surface area (Å²) in [6.07, 6.45) is 9.56. The van der Waals surface area contributed by atoms with Gasteiger partial charge >= 0.3 is 11.9 Å². The van der Waals surface area contributed by atoms with Gasteiger partial charge in [0.25, 0.3) is 0 Å². The maximum Gasteiger partial charge on any atom is 0.331 e. The quantitative estimate of drug-likeness (QED) is 0.0621. The standard InChI is InChI=1S/2C24H28FNO5S/c2*1-3-5-12-24(4-2)16-26(18-9-7-6-8-10-18)20-14-19(25)21(31-13-11-23(27)28)15-22(20)32(29,30)17-24/h2*6-11,13-15H,3-5,12,16-17H2,1-2H3,(H,27,28)/b2*13-11+/t2*24-/m10/s1. The molecule has 64 heavy (non-hydrogen) atoms. The number of carboxylic acid groups (broad SMARTS) is 2. The molecule has 4 aromatic rings. The Morgan fingerprint density at radius 2 is 0.984 bits per heavy atom. The summed E-state index contributed by atoms with van der Waals surface area (Å²) in [6.45, 7) is 9.02. The van der Waals surface area contributed by atoms with Crippen molar-refractivity contribution in [3.05, 3.63) is 121 Å². The summed E-state index contributed by atoms with van der Waals surface area (Å²) in [6, 6.07) is 23.3. The lowest BCUT2D eigenvalue weighted by atomic mass is 9.81. The molecule has 2 aliphatic rings. The summed E-state index contributed by atoms with van der Waals surface area (Å²) in [5, 5.41) is 17.5. The van der Waals surface area contributed by atoms with E-state index in [2.05, 4.69) is 13.8 Å². The second-order valence-corrected chi connectivity index (χ2v) is 20.2. The van der Waals surface area contributed by atoms with Crippen LogP contribution in [0.3, 0.4) is 0 Å². The lowest BCUT2D eigenvalue weighted by Gasteiger charge is -2.36. The van der Waals surface area contributed by atoms with Crippen LogP contribution in [-0.2, 0) is 29.3 Å². The Balaban J connectivity index is 0.000000241. The predicted molar refractivity (Wildman–Crippen MR) is 243 cm³/mol. The van der Waals surface area contributed by atoms with Crippen LogP contribution in [0.4, 0.5) is 31.5 Å². The largest absolute Gasteiger partial charge is 0.478 e. The maximum atomic E-state index is 14.9. The highest BCUT2D eigenvalue weighted by atomic mass is 32.2. The third-order valence-corrected chi connectivity index (χ3v) is 15.8. The van der Waals surface area contributed by atoms with Crippen LogP contribution in [0.1, 0.15) is 79.1 Å². The van der Waals surface area contributed by atoms with Gasteiger partial charge in [0, 0.05) is 59.6 Å². The van der Waals surface area contributed by atoms with E-state index in [0.717, 1.165) is 86.7 Å². The average Bonchev–Trinajstić information content (AvgIpc) is 3.42. The van der Waals surface area contributed by atoms with Crippen LogP contribution in [-0.4, -0.2) is 63.6 Å². The van der Waals surface area contributed by atoms with Crippen molar-refractivity contribution in [2.24, 2.45) is 10.8 Å². The van der Waals surface area contributed by atoms with Gasteiger partial charge in [-0.2, -0.15) is 0 Å². The molecule has 0 saturated heterocycles. The van der Waals surface area contributed by atoms with E-state index in [1.54, 1.807) is 0 Å². The number of hydrogen-bond acceptors (Lipinski definition) is 10. The van der Waals surface area contributed by atoms with Crippen molar-refractivity contribution in [1.82, 2.24) is 0 Å². The summed E-state index contributed by atoms with van der Waals surface area (Å²) in [7, 11) is -7.56. The van der Waals surface area contributed by atoms with Crippen molar-refractivity contribution in [2.75, 3.05) is 34.4 Å². The Bertz CT molecular complexity index is 2380. The molecule has 6 rings (SSSR count). The summed E-state index contributed by atoms with van der Waals surface area (Å²) in [5.41, 5.74) is 1.08. The first-order valence-electron chi connectivity index (χ1n) is 21.3. The number of hydrogen-bond donors (Lipinski definition) is 2. The molecule has 2 atom stereocenters. The molecule has 2 heterocycles. The van der Waals surface area contributed by atoms with Gasteiger partial charge in [0.15, 0.2) is 42.8 Å². The van der Waals surface area contributed by atoms with Gasteiger partial charge in [0.2, 0.25) is 0 Å². The molecular formula is C48H56F2N2O10S2.